The normalized spacial score (nSPS) is 11.0. The summed E-state index contributed by atoms with van der Waals surface area (Å²) >= 11 is 0. The molecule has 122 valence electrons. The number of nitrogens with one attached hydrogen (secondary N) is 2. The molecule has 0 saturated carbocycles. The highest BCUT2D eigenvalue weighted by Crippen LogP contribution is 2.25. The number of anilines is 1. The molecule has 0 aromatic heterocycles. The fraction of sp³-hybridized carbons (Fsp3) is 0.533. The van der Waals surface area contributed by atoms with Crippen LogP contribution in [0.25, 0.3) is 0 Å². The lowest BCUT2D eigenvalue weighted by Gasteiger charge is -2.19. The predicted molar refractivity (Wildman–Crippen MR) is 85.3 cm³/mol. The van der Waals surface area contributed by atoms with Crippen LogP contribution in [0.2, 0.25) is 0 Å². The van der Waals surface area contributed by atoms with Crippen LogP contribution in [0.5, 0.6) is 0 Å². The molecule has 0 bridgehead atoms. The smallest absolute Gasteiger partial charge is 0.407 e. The summed E-state index contributed by atoms with van der Waals surface area (Å²) in [5.41, 5.74) is 1.77. The summed E-state index contributed by atoms with van der Waals surface area (Å²) in [4.78, 5) is 22.0. The zero-order valence-corrected chi connectivity index (χ0v) is 13.6. The fourth-order valence-electron chi connectivity index (χ4n) is 1.90. The molecule has 7 heteroatoms. The highest BCUT2D eigenvalue weighted by molar-refractivity contribution is 5.67. The van der Waals surface area contributed by atoms with E-state index in [0.29, 0.717) is 24.3 Å². The zero-order chi connectivity index (χ0) is 16.9. The minimum absolute atomic E-state index is 0.0770. The summed E-state index contributed by atoms with van der Waals surface area (Å²) in [6.07, 6.45) is -0.485. The molecule has 0 spiro atoms. The van der Waals surface area contributed by atoms with Crippen LogP contribution in [0.15, 0.2) is 12.1 Å². The Morgan fingerprint density at radius 1 is 1.23 bits per heavy atom. The van der Waals surface area contributed by atoms with E-state index in [4.69, 9.17) is 4.74 Å². The Hall–Kier alpha value is -2.31. The molecular formula is C15H23N3O4. The molecule has 0 atom stereocenters. The Morgan fingerprint density at radius 3 is 2.41 bits per heavy atom. The van der Waals surface area contributed by atoms with Gasteiger partial charge in [0, 0.05) is 30.4 Å². The van der Waals surface area contributed by atoms with E-state index in [1.165, 1.54) is 6.07 Å². The van der Waals surface area contributed by atoms with Crippen LogP contribution in [0.1, 0.15) is 31.9 Å². The average molecular weight is 309 g/mol. The number of nitrogens with zero attached hydrogens (tertiary/aromatic N) is 1. The van der Waals surface area contributed by atoms with E-state index in [-0.39, 0.29) is 5.69 Å². The molecule has 0 aliphatic carbocycles. The molecule has 0 aliphatic rings. The Kier molecular flexibility index (Phi) is 5.73. The van der Waals surface area contributed by atoms with Crippen molar-refractivity contribution in [3.8, 4) is 0 Å². The monoisotopic (exact) mass is 309 g/mol. The summed E-state index contributed by atoms with van der Waals surface area (Å²) in [6, 6.07) is 3.28. The first-order chi connectivity index (χ1) is 10.1. The summed E-state index contributed by atoms with van der Waals surface area (Å²) in [6.45, 7) is 9.76. The largest absolute Gasteiger partial charge is 0.444 e. The van der Waals surface area contributed by atoms with E-state index < -0.39 is 16.6 Å². The SMILES string of the molecule is Cc1cc(C)c([N+](=O)[O-])cc1NCCNC(=O)OC(C)(C)C. The number of aryl methyl sites for hydroxylation is 2. The van der Waals surface area contributed by atoms with Crippen LogP contribution < -0.4 is 10.6 Å². The minimum atomic E-state index is -0.536. The molecular weight excluding hydrogens is 286 g/mol. The van der Waals surface area contributed by atoms with E-state index in [1.807, 2.05) is 6.92 Å². The summed E-state index contributed by atoms with van der Waals surface area (Å²) in [7, 11) is 0. The van der Waals surface area contributed by atoms with Gasteiger partial charge in [-0.1, -0.05) is 0 Å². The van der Waals surface area contributed by atoms with Gasteiger partial charge in [0.25, 0.3) is 5.69 Å². The second-order valence-electron chi connectivity index (χ2n) is 6.07. The molecule has 7 nitrogen and oxygen atoms in total. The van der Waals surface area contributed by atoms with E-state index >= 15 is 0 Å². The van der Waals surface area contributed by atoms with Gasteiger partial charge in [0.1, 0.15) is 5.60 Å². The van der Waals surface area contributed by atoms with Crippen LogP contribution in [0.3, 0.4) is 0 Å². The van der Waals surface area contributed by atoms with E-state index in [0.717, 1.165) is 5.56 Å². The van der Waals surface area contributed by atoms with Gasteiger partial charge >= 0.3 is 6.09 Å². The van der Waals surface area contributed by atoms with E-state index in [1.54, 1.807) is 33.8 Å². The number of amides is 1. The first kappa shape index (κ1) is 17.7. The maximum Gasteiger partial charge on any atom is 0.407 e. The number of nitro benzene ring substituents is 1. The number of ether oxygens (including phenoxy) is 1. The molecule has 0 heterocycles. The summed E-state index contributed by atoms with van der Waals surface area (Å²) in [5, 5.41) is 16.6. The number of carbonyl (C=O) groups is 1. The Bertz CT molecular complexity index is 565. The van der Waals surface area contributed by atoms with Crippen molar-refractivity contribution in [2.45, 2.75) is 40.2 Å². The van der Waals surface area contributed by atoms with Crippen LogP contribution in [0, 0.1) is 24.0 Å². The molecule has 22 heavy (non-hydrogen) atoms. The van der Waals surface area contributed by atoms with Gasteiger partial charge < -0.3 is 15.4 Å². The van der Waals surface area contributed by atoms with Gasteiger partial charge in [-0.15, -0.1) is 0 Å². The Morgan fingerprint density at radius 2 is 1.86 bits per heavy atom. The first-order valence-corrected chi connectivity index (χ1v) is 7.06. The molecule has 1 amide bonds. The number of rotatable bonds is 5. The van der Waals surface area contributed by atoms with Crippen LogP contribution in [-0.4, -0.2) is 29.7 Å². The number of nitro groups is 1. The minimum Gasteiger partial charge on any atom is -0.444 e. The zero-order valence-electron chi connectivity index (χ0n) is 13.6. The lowest BCUT2D eigenvalue weighted by molar-refractivity contribution is -0.385. The number of alkyl carbamates (subject to hydrolysis) is 1. The summed E-state index contributed by atoms with van der Waals surface area (Å²) < 4.78 is 5.11. The van der Waals surface area contributed by atoms with Gasteiger partial charge in [-0.3, -0.25) is 10.1 Å². The van der Waals surface area contributed by atoms with Gasteiger partial charge in [0.15, 0.2) is 0 Å². The van der Waals surface area contributed by atoms with Gasteiger partial charge in [-0.05, 0) is 46.2 Å². The van der Waals surface area contributed by atoms with Crippen LogP contribution >= 0.6 is 0 Å². The number of carbonyl (C=O) groups excluding carboxylic acids is 1. The standard InChI is InChI=1S/C15H23N3O4/c1-10-8-11(2)13(18(20)21)9-12(10)16-6-7-17-14(19)22-15(3,4)5/h8-9,16H,6-7H2,1-5H3,(H,17,19). The van der Waals surface area contributed by atoms with Crippen molar-refractivity contribution >= 4 is 17.5 Å². The topological polar surface area (TPSA) is 93.5 Å². The molecule has 0 radical (unpaired) electrons. The second kappa shape index (κ2) is 7.11. The van der Waals surface area contributed by atoms with E-state index in [2.05, 4.69) is 10.6 Å². The Labute approximate surface area is 130 Å². The average Bonchev–Trinajstić information content (AvgIpc) is 2.33. The van der Waals surface area contributed by atoms with Crippen LogP contribution in [-0.2, 0) is 4.74 Å². The number of hydrogen-bond donors (Lipinski definition) is 2. The molecule has 1 rings (SSSR count). The Balaban J connectivity index is 2.54. The predicted octanol–water partition coefficient (Wildman–Crippen LogP) is 3.15. The van der Waals surface area contributed by atoms with Gasteiger partial charge in [0.2, 0.25) is 0 Å². The molecule has 0 saturated heterocycles. The molecule has 1 aromatic rings. The first-order valence-electron chi connectivity index (χ1n) is 7.06. The van der Waals surface area contributed by atoms with Crippen LogP contribution in [0.4, 0.5) is 16.2 Å². The highest BCUT2D eigenvalue weighted by Gasteiger charge is 2.16. The van der Waals surface area contributed by atoms with Crippen molar-refractivity contribution in [2.24, 2.45) is 0 Å². The van der Waals surface area contributed by atoms with Crippen molar-refractivity contribution < 1.29 is 14.5 Å². The molecule has 0 fully saturated rings. The molecule has 0 aliphatic heterocycles. The van der Waals surface area contributed by atoms with Crippen molar-refractivity contribution in [2.75, 3.05) is 18.4 Å². The quantitative estimate of drug-likeness (QED) is 0.495. The lowest BCUT2D eigenvalue weighted by Crippen LogP contribution is -2.35. The van der Waals surface area contributed by atoms with Crippen molar-refractivity contribution in [3.05, 3.63) is 33.4 Å². The third kappa shape index (κ3) is 5.59. The van der Waals surface area contributed by atoms with Gasteiger partial charge in [-0.25, -0.2) is 4.79 Å². The summed E-state index contributed by atoms with van der Waals surface area (Å²) in [5.74, 6) is 0. The molecule has 1 aromatic carbocycles. The van der Waals surface area contributed by atoms with E-state index in [9.17, 15) is 14.9 Å². The second-order valence-corrected chi connectivity index (χ2v) is 6.07. The maximum atomic E-state index is 11.5. The van der Waals surface area contributed by atoms with Gasteiger partial charge in [0.05, 0.1) is 4.92 Å². The maximum absolute atomic E-state index is 11.5. The molecule has 0 unspecified atom stereocenters. The lowest BCUT2D eigenvalue weighted by atomic mass is 10.1. The third-order valence-corrected chi connectivity index (χ3v) is 2.85. The van der Waals surface area contributed by atoms with Crippen molar-refractivity contribution in [1.29, 1.82) is 0 Å². The molecule has 2 N–H and O–H groups in total. The highest BCUT2D eigenvalue weighted by atomic mass is 16.6. The number of benzene rings is 1. The van der Waals surface area contributed by atoms with Gasteiger partial charge in [-0.2, -0.15) is 0 Å². The third-order valence-electron chi connectivity index (χ3n) is 2.85. The number of hydrogen-bond acceptors (Lipinski definition) is 5. The van der Waals surface area contributed by atoms with Crippen molar-refractivity contribution in [3.63, 3.8) is 0 Å². The van der Waals surface area contributed by atoms with Crippen molar-refractivity contribution in [1.82, 2.24) is 5.32 Å². The fourth-order valence-corrected chi connectivity index (χ4v) is 1.90.